The Balaban J connectivity index is 1.92. The number of rotatable bonds is 2. The van der Waals surface area contributed by atoms with Crippen molar-refractivity contribution < 1.29 is 4.74 Å². The van der Waals surface area contributed by atoms with Gasteiger partial charge in [-0.3, -0.25) is 0 Å². The van der Waals surface area contributed by atoms with Gasteiger partial charge in [-0.25, -0.2) is 0 Å². The fourth-order valence-electron chi connectivity index (χ4n) is 3.65. The third-order valence-electron chi connectivity index (χ3n) is 4.44. The Hall–Kier alpha value is -0.740. The van der Waals surface area contributed by atoms with Crippen LogP contribution in [0.1, 0.15) is 32.1 Å². The predicted octanol–water partition coefficient (Wildman–Crippen LogP) is 3.31. The number of ether oxygens (including phenoxy) is 1. The van der Waals surface area contributed by atoms with E-state index in [0.717, 1.165) is 23.1 Å². The molecule has 1 aromatic carbocycles. The monoisotopic (exact) mass is 324 g/mol. The molecule has 2 fully saturated rings. The van der Waals surface area contributed by atoms with Crippen LogP contribution < -0.4 is 15.4 Å². The number of benzene rings is 1. The van der Waals surface area contributed by atoms with E-state index >= 15 is 0 Å². The molecule has 3 nitrogen and oxygen atoms in total. The molecule has 0 aliphatic carbocycles. The number of nitrogens with two attached hydrogens (primary N) is 1. The molecule has 0 saturated carbocycles. The molecule has 0 amide bonds. The molecule has 1 aromatic rings. The third-order valence-corrected chi connectivity index (χ3v) is 5.10. The molecule has 0 radical (unpaired) electrons. The van der Waals surface area contributed by atoms with Gasteiger partial charge in [0.2, 0.25) is 0 Å². The Labute approximate surface area is 123 Å². The first-order valence-electron chi connectivity index (χ1n) is 7.06. The van der Waals surface area contributed by atoms with Crippen molar-refractivity contribution in [2.75, 3.05) is 12.0 Å². The second-order valence-electron chi connectivity index (χ2n) is 5.70. The number of nitrogens with zero attached hydrogens (tertiary/aromatic N) is 1. The lowest BCUT2D eigenvalue weighted by molar-refractivity contribution is 0.271. The summed E-state index contributed by atoms with van der Waals surface area (Å²) in [6.45, 7) is 0. The molecule has 2 atom stereocenters. The quantitative estimate of drug-likeness (QED) is 0.907. The zero-order valence-corrected chi connectivity index (χ0v) is 12.9. The zero-order chi connectivity index (χ0) is 13.4. The normalized spacial score (nSPS) is 30.3. The Bertz CT molecular complexity index is 451. The van der Waals surface area contributed by atoms with Crippen LogP contribution in [0, 0.1) is 0 Å². The molecule has 4 heteroatoms. The van der Waals surface area contributed by atoms with E-state index in [1.807, 2.05) is 0 Å². The van der Waals surface area contributed by atoms with E-state index < -0.39 is 0 Å². The van der Waals surface area contributed by atoms with E-state index in [0.29, 0.717) is 18.1 Å². The highest BCUT2D eigenvalue weighted by Crippen LogP contribution is 2.39. The van der Waals surface area contributed by atoms with E-state index in [-0.39, 0.29) is 0 Å². The van der Waals surface area contributed by atoms with E-state index in [1.54, 1.807) is 7.11 Å². The van der Waals surface area contributed by atoms with Crippen molar-refractivity contribution in [3.8, 4) is 5.75 Å². The molecule has 2 N–H and O–H groups in total. The SMILES string of the molecule is COc1cc(N2C3CCCC2CC(N)C3)ccc1Br. The van der Waals surface area contributed by atoms with Gasteiger partial charge in [0.25, 0.3) is 0 Å². The minimum atomic E-state index is 0.379. The van der Waals surface area contributed by atoms with Gasteiger partial charge in [0.1, 0.15) is 5.75 Å². The summed E-state index contributed by atoms with van der Waals surface area (Å²) in [6.07, 6.45) is 6.11. The summed E-state index contributed by atoms with van der Waals surface area (Å²) < 4.78 is 6.43. The van der Waals surface area contributed by atoms with Crippen molar-refractivity contribution in [3.05, 3.63) is 22.7 Å². The molecule has 19 heavy (non-hydrogen) atoms. The van der Waals surface area contributed by atoms with Crippen LogP contribution >= 0.6 is 15.9 Å². The average molecular weight is 325 g/mol. The van der Waals surface area contributed by atoms with Gasteiger partial charge in [-0.15, -0.1) is 0 Å². The minimum Gasteiger partial charge on any atom is -0.495 e. The highest BCUT2D eigenvalue weighted by molar-refractivity contribution is 9.10. The maximum absolute atomic E-state index is 6.19. The van der Waals surface area contributed by atoms with Gasteiger partial charge < -0.3 is 15.4 Å². The van der Waals surface area contributed by atoms with Crippen LogP contribution in [0.4, 0.5) is 5.69 Å². The highest BCUT2D eigenvalue weighted by atomic mass is 79.9. The minimum absolute atomic E-state index is 0.379. The summed E-state index contributed by atoms with van der Waals surface area (Å²) in [6, 6.07) is 8.00. The van der Waals surface area contributed by atoms with Crippen LogP contribution in [0.25, 0.3) is 0 Å². The number of methoxy groups -OCH3 is 1. The van der Waals surface area contributed by atoms with Crippen LogP contribution in [-0.2, 0) is 0 Å². The Morgan fingerprint density at radius 3 is 2.58 bits per heavy atom. The lowest BCUT2D eigenvalue weighted by Crippen LogP contribution is -2.55. The van der Waals surface area contributed by atoms with Crippen molar-refractivity contribution >= 4 is 21.6 Å². The molecule has 2 saturated heterocycles. The topological polar surface area (TPSA) is 38.5 Å². The standard InChI is InChI=1S/C15H21BrN2O/c1-19-15-9-13(5-6-14(15)16)18-11-3-2-4-12(18)8-10(17)7-11/h5-6,9-12H,2-4,7-8,17H2,1H3. The molecule has 2 bridgehead atoms. The fraction of sp³-hybridized carbons (Fsp3) is 0.600. The second-order valence-corrected chi connectivity index (χ2v) is 6.55. The van der Waals surface area contributed by atoms with E-state index in [4.69, 9.17) is 10.5 Å². The molecule has 2 aliphatic rings. The summed E-state index contributed by atoms with van der Waals surface area (Å²) in [4.78, 5) is 2.59. The van der Waals surface area contributed by atoms with Gasteiger partial charge in [-0.1, -0.05) is 0 Å². The molecular formula is C15H21BrN2O. The first-order valence-corrected chi connectivity index (χ1v) is 7.86. The third kappa shape index (κ3) is 2.48. The first-order chi connectivity index (χ1) is 9.19. The molecule has 2 unspecified atom stereocenters. The van der Waals surface area contributed by atoms with Gasteiger partial charge in [0.05, 0.1) is 11.6 Å². The maximum Gasteiger partial charge on any atom is 0.135 e. The summed E-state index contributed by atoms with van der Waals surface area (Å²) in [5, 5.41) is 0. The van der Waals surface area contributed by atoms with Crippen LogP contribution in [0.5, 0.6) is 5.75 Å². The van der Waals surface area contributed by atoms with Crippen LogP contribution in [0.2, 0.25) is 0 Å². The summed E-state index contributed by atoms with van der Waals surface area (Å²) in [5.74, 6) is 0.908. The Morgan fingerprint density at radius 1 is 1.26 bits per heavy atom. The highest BCUT2D eigenvalue weighted by Gasteiger charge is 2.37. The van der Waals surface area contributed by atoms with Gasteiger partial charge in [0, 0.05) is 29.9 Å². The maximum atomic E-state index is 6.19. The van der Waals surface area contributed by atoms with E-state index in [9.17, 15) is 0 Å². The number of hydrogen-bond donors (Lipinski definition) is 1. The summed E-state index contributed by atoms with van der Waals surface area (Å²) in [5.41, 5.74) is 7.47. The molecule has 0 aromatic heterocycles. The number of fused-ring (bicyclic) bond motifs is 2. The van der Waals surface area contributed by atoms with Gasteiger partial charge in [-0.05, 0) is 60.2 Å². The second kappa shape index (κ2) is 5.33. The molecular weight excluding hydrogens is 304 g/mol. The zero-order valence-electron chi connectivity index (χ0n) is 11.3. The average Bonchev–Trinajstić information content (AvgIpc) is 2.38. The number of hydrogen-bond acceptors (Lipinski definition) is 3. The number of anilines is 1. The summed E-state index contributed by atoms with van der Waals surface area (Å²) in [7, 11) is 1.72. The molecule has 104 valence electrons. The number of halogens is 1. The van der Waals surface area contributed by atoms with Crippen LogP contribution in [-0.4, -0.2) is 25.2 Å². The molecule has 2 heterocycles. The molecule has 2 aliphatic heterocycles. The first kappa shape index (κ1) is 13.3. The van der Waals surface area contributed by atoms with Crippen molar-refractivity contribution in [2.45, 2.75) is 50.2 Å². The lowest BCUT2D eigenvalue weighted by atomic mass is 9.81. The molecule has 0 spiro atoms. The van der Waals surface area contributed by atoms with Gasteiger partial charge in [0.15, 0.2) is 0 Å². The van der Waals surface area contributed by atoms with Gasteiger partial charge in [-0.2, -0.15) is 0 Å². The van der Waals surface area contributed by atoms with Crippen molar-refractivity contribution in [1.82, 2.24) is 0 Å². The molecule has 3 rings (SSSR count). The van der Waals surface area contributed by atoms with Crippen LogP contribution in [0.15, 0.2) is 22.7 Å². The van der Waals surface area contributed by atoms with Crippen molar-refractivity contribution in [3.63, 3.8) is 0 Å². The predicted molar refractivity (Wildman–Crippen MR) is 81.8 cm³/mol. The Kier molecular flexibility index (Phi) is 3.72. The van der Waals surface area contributed by atoms with Crippen molar-refractivity contribution in [2.24, 2.45) is 5.73 Å². The van der Waals surface area contributed by atoms with Crippen molar-refractivity contribution in [1.29, 1.82) is 0 Å². The number of piperidine rings is 2. The van der Waals surface area contributed by atoms with Crippen LogP contribution in [0.3, 0.4) is 0 Å². The fourth-order valence-corrected chi connectivity index (χ4v) is 4.06. The largest absolute Gasteiger partial charge is 0.495 e. The Morgan fingerprint density at radius 2 is 1.95 bits per heavy atom. The van der Waals surface area contributed by atoms with E-state index in [1.165, 1.54) is 24.9 Å². The van der Waals surface area contributed by atoms with Gasteiger partial charge >= 0.3 is 0 Å². The smallest absolute Gasteiger partial charge is 0.135 e. The summed E-state index contributed by atoms with van der Waals surface area (Å²) >= 11 is 3.52. The lowest BCUT2D eigenvalue weighted by Gasteiger charge is -2.49. The van der Waals surface area contributed by atoms with E-state index in [2.05, 4.69) is 39.0 Å².